The zero-order valence-corrected chi connectivity index (χ0v) is 10.0. The molecular formula is C13H22N2. The molecule has 1 atom stereocenters. The van der Waals surface area contributed by atoms with Gasteiger partial charge in [-0.15, -0.1) is 0 Å². The molecule has 0 saturated heterocycles. The van der Waals surface area contributed by atoms with Gasteiger partial charge in [0, 0.05) is 12.4 Å². The predicted molar refractivity (Wildman–Crippen MR) is 64.8 cm³/mol. The van der Waals surface area contributed by atoms with Crippen molar-refractivity contribution in [3.05, 3.63) is 30.1 Å². The molecule has 0 fully saturated rings. The first-order valence-corrected chi connectivity index (χ1v) is 5.78. The highest BCUT2D eigenvalue weighted by molar-refractivity contribution is 5.09. The van der Waals surface area contributed by atoms with Gasteiger partial charge in [-0.25, -0.2) is 0 Å². The molecule has 2 heteroatoms. The monoisotopic (exact) mass is 206 g/mol. The van der Waals surface area contributed by atoms with E-state index in [-0.39, 0.29) is 0 Å². The Morgan fingerprint density at radius 1 is 1.27 bits per heavy atom. The van der Waals surface area contributed by atoms with Gasteiger partial charge in [-0.2, -0.15) is 0 Å². The van der Waals surface area contributed by atoms with Gasteiger partial charge in [0.1, 0.15) is 0 Å². The van der Waals surface area contributed by atoms with Gasteiger partial charge in [-0.1, -0.05) is 26.8 Å². The summed E-state index contributed by atoms with van der Waals surface area (Å²) in [5, 5.41) is 3.48. The third-order valence-corrected chi connectivity index (χ3v) is 2.35. The number of hydrogen-bond acceptors (Lipinski definition) is 2. The Labute approximate surface area is 93.1 Å². The quantitative estimate of drug-likeness (QED) is 0.773. The second kappa shape index (κ2) is 6.57. The summed E-state index contributed by atoms with van der Waals surface area (Å²) in [6.07, 6.45) is 4.89. The molecular weight excluding hydrogens is 184 g/mol. The molecule has 2 nitrogen and oxygen atoms in total. The largest absolute Gasteiger partial charge is 0.316 e. The Morgan fingerprint density at radius 2 is 2.07 bits per heavy atom. The van der Waals surface area contributed by atoms with Crippen LogP contribution >= 0.6 is 0 Å². The highest BCUT2D eigenvalue weighted by Crippen LogP contribution is 2.05. The molecule has 0 aromatic carbocycles. The van der Waals surface area contributed by atoms with Crippen molar-refractivity contribution in [2.24, 2.45) is 11.8 Å². The Morgan fingerprint density at radius 3 is 2.67 bits per heavy atom. The van der Waals surface area contributed by atoms with Crippen molar-refractivity contribution in [3.63, 3.8) is 0 Å². The average molecular weight is 206 g/mol. The predicted octanol–water partition coefficient (Wildman–Crippen LogP) is 2.51. The Kier molecular flexibility index (Phi) is 5.33. The molecule has 0 aliphatic carbocycles. The Balaban J connectivity index is 2.21. The SMILES string of the molecule is CC(C)CNCC(C)Cc1cccnc1. The van der Waals surface area contributed by atoms with Crippen LogP contribution in [0.25, 0.3) is 0 Å². The average Bonchev–Trinajstić information content (AvgIpc) is 2.18. The summed E-state index contributed by atoms with van der Waals surface area (Å²) in [6.45, 7) is 8.95. The highest BCUT2D eigenvalue weighted by Gasteiger charge is 2.03. The summed E-state index contributed by atoms with van der Waals surface area (Å²) in [5.41, 5.74) is 1.33. The molecule has 0 saturated carbocycles. The molecule has 0 amide bonds. The number of rotatable bonds is 6. The molecule has 1 unspecified atom stereocenters. The third-order valence-electron chi connectivity index (χ3n) is 2.35. The first-order chi connectivity index (χ1) is 7.18. The van der Waals surface area contributed by atoms with Crippen LogP contribution in [0.5, 0.6) is 0 Å². The second-order valence-corrected chi connectivity index (χ2v) is 4.72. The van der Waals surface area contributed by atoms with Crippen molar-refractivity contribution in [1.82, 2.24) is 10.3 Å². The van der Waals surface area contributed by atoms with E-state index >= 15 is 0 Å². The van der Waals surface area contributed by atoms with Gasteiger partial charge in [0.05, 0.1) is 0 Å². The molecule has 0 aliphatic heterocycles. The molecule has 15 heavy (non-hydrogen) atoms. The molecule has 0 aliphatic rings. The lowest BCUT2D eigenvalue weighted by molar-refractivity contribution is 0.473. The van der Waals surface area contributed by atoms with E-state index in [1.807, 2.05) is 18.5 Å². The molecule has 0 bridgehead atoms. The summed E-state index contributed by atoms with van der Waals surface area (Å²) in [4.78, 5) is 4.13. The minimum atomic E-state index is 0.674. The summed E-state index contributed by atoms with van der Waals surface area (Å²) in [7, 11) is 0. The fourth-order valence-electron chi connectivity index (χ4n) is 1.61. The topological polar surface area (TPSA) is 24.9 Å². The lowest BCUT2D eigenvalue weighted by atomic mass is 10.0. The molecule has 0 spiro atoms. The minimum Gasteiger partial charge on any atom is -0.316 e. The number of nitrogens with zero attached hydrogens (tertiary/aromatic N) is 1. The van der Waals surface area contributed by atoms with Crippen LogP contribution in [0.3, 0.4) is 0 Å². The van der Waals surface area contributed by atoms with Gasteiger partial charge in [0.25, 0.3) is 0 Å². The van der Waals surface area contributed by atoms with E-state index in [9.17, 15) is 0 Å². The number of hydrogen-bond donors (Lipinski definition) is 1. The van der Waals surface area contributed by atoms with Crippen LogP contribution in [0, 0.1) is 11.8 Å². The molecule has 1 N–H and O–H groups in total. The summed E-state index contributed by atoms with van der Waals surface area (Å²) >= 11 is 0. The fourth-order valence-corrected chi connectivity index (χ4v) is 1.61. The number of pyridine rings is 1. The maximum atomic E-state index is 4.13. The van der Waals surface area contributed by atoms with E-state index in [1.165, 1.54) is 5.56 Å². The van der Waals surface area contributed by atoms with Crippen molar-refractivity contribution in [1.29, 1.82) is 0 Å². The van der Waals surface area contributed by atoms with Gasteiger partial charge in [0.2, 0.25) is 0 Å². The van der Waals surface area contributed by atoms with Crippen LogP contribution < -0.4 is 5.32 Å². The molecule has 1 rings (SSSR count). The van der Waals surface area contributed by atoms with Crippen molar-refractivity contribution in [2.75, 3.05) is 13.1 Å². The second-order valence-electron chi connectivity index (χ2n) is 4.72. The summed E-state index contributed by atoms with van der Waals surface area (Å²) in [6, 6.07) is 4.15. The van der Waals surface area contributed by atoms with Gasteiger partial charge < -0.3 is 5.32 Å². The van der Waals surface area contributed by atoms with E-state index in [0.717, 1.165) is 25.4 Å². The summed E-state index contributed by atoms with van der Waals surface area (Å²) < 4.78 is 0. The van der Waals surface area contributed by atoms with Crippen LogP contribution in [-0.4, -0.2) is 18.1 Å². The Hall–Kier alpha value is -0.890. The molecule has 1 heterocycles. The standard InChI is InChI=1S/C13H22N2/c1-11(2)8-15-9-12(3)7-13-5-4-6-14-10-13/h4-6,10-12,15H,7-9H2,1-3H3. The lowest BCUT2D eigenvalue weighted by Crippen LogP contribution is -2.26. The van der Waals surface area contributed by atoms with Crippen LogP contribution in [0.1, 0.15) is 26.3 Å². The van der Waals surface area contributed by atoms with Crippen molar-refractivity contribution < 1.29 is 0 Å². The van der Waals surface area contributed by atoms with E-state index in [1.54, 1.807) is 0 Å². The van der Waals surface area contributed by atoms with Gasteiger partial charge in [-0.3, -0.25) is 4.98 Å². The first-order valence-electron chi connectivity index (χ1n) is 5.78. The van der Waals surface area contributed by atoms with Gasteiger partial charge in [-0.05, 0) is 43.0 Å². The molecule has 84 valence electrons. The van der Waals surface area contributed by atoms with Gasteiger partial charge in [0.15, 0.2) is 0 Å². The van der Waals surface area contributed by atoms with Crippen molar-refractivity contribution in [2.45, 2.75) is 27.2 Å². The summed E-state index contributed by atoms with van der Waals surface area (Å²) in [5.74, 6) is 1.41. The zero-order chi connectivity index (χ0) is 11.1. The molecule has 1 aromatic heterocycles. The lowest BCUT2D eigenvalue weighted by Gasteiger charge is -2.13. The van der Waals surface area contributed by atoms with E-state index in [2.05, 4.69) is 37.1 Å². The third kappa shape index (κ3) is 5.53. The number of aromatic nitrogens is 1. The Bertz CT molecular complexity index is 256. The first kappa shape index (κ1) is 12.2. The maximum absolute atomic E-state index is 4.13. The fraction of sp³-hybridized carbons (Fsp3) is 0.615. The van der Waals surface area contributed by atoms with Crippen LogP contribution in [-0.2, 0) is 6.42 Å². The van der Waals surface area contributed by atoms with Gasteiger partial charge >= 0.3 is 0 Å². The van der Waals surface area contributed by atoms with E-state index in [0.29, 0.717) is 5.92 Å². The highest BCUT2D eigenvalue weighted by atomic mass is 14.9. The minimum absolute atomic E-state index is 0.674. The molecule has 0 radical (unpaired) electrons. The van der Waals surface area contributed by atoms with E-state index in [4.69, 9.17) is 0 Å². The maximum Gasteiger partial charge on any atom is 0.0299 e. The number of nitrogens with one attached hydrogen (secondary N) is 1. The van der Waals surface area contributed by atoms with Crippen LogP contribution in [0.15, 0.2) is 24.5 Å². The van der Waals surface area contributed by atoms with Crippen molar-refractivity contribution in [3.8, 4) is 0 Å². The smallest absolute Gasteiger partial charge is 0.0299 e. The van der Waals surface area contributed by atoms with E-state index < -0.39 is 0 Å². The van der Waals surface area contributed by atoms with Crippen LogP contribution in [0.4, 0.5) is 0 Å². The normalized spacial score (nSPS) is 13.1. The zero-order valence-electron chi connectivity index (χ0n) is 10.0. The van der Waals surface area contributed by atoms with Crippen molar-refractivity contribution >= 4 is 0 Å². The molecule has 1 aromatic rings. The van der Waals surface area contributed by atoms with Crippen LogP contribution in [0.2, 0.25) is 0 Å².